The zero-order valence-electron chi connectivity index (χ0n) is 10.9. The van der Waals surface area contributed by atoms with E-state index in [1.54, 1.807) is 7.11 Å². The molecule has 20 heavy (non-hydrogen) atoms. The molecule has 2 rings (SSSR count). The zero-order valence-corrected chi connectivity index (χ0v) is 12.4. The maximum Gasteiger partial charge on any atom is 0.221 e. The normalized spacial score (nSPS) is 11.1. The largest absolute Gasteiger partial charge is 0.481 e. The van der Waals surface area contributed by atoms with Crippen LogP contribution in [0.25, 0.3) is 5.70 Å². The summed E-state index contributed by atoms with van der Waals surface area (Å²) in [6.07, 6.45) is 0. The van der Waals surface area contributed by atoms with Crippen LogP contribution in [0.3, 0.4) is 0 Å². The summed E-state index contributed by atoms with van der Waals surface area (Å²) in [5, 5.41) is 0. The maximum atomic E-state index is 5.95. The Morgan fingerprint density at radius 3 is 1.80 bits per heavy atom. The number of aliphatic imine (C=N–C) groups is 1. The molecule has 2 aromatic carbocycles. The van der Waals surface area contributed by atoms with Crippen molar-refractivity contribution in [1.29, 1.82) is 0 Å². The van der Waals surface area contributed by atoms with Gasteiger partial charge in [-0.05, 0) is 12.1 Å². The minimum absolute atomic E-state index is 0.0988. The summed E-state index contributed by atoms with van der Waals surface area (Å²) in [5.41, 5.74) is 2.17. The van der Waals surface area contributed by atoms with E-state index in [1.165, 1.54) is 0 Å². The van der Waals surface area contributed by atoms with E-state index in [-0.39, 0.29) is 4.49 Å². The van der Waals surface area contributed by atoms with Crippen molar-refractivity contribution in [2.75, 3.05) is 7.11 Å². The number of methoxy groups -OCH3 is 1. The van der Waals surface area contributed by atoms with Crippen molar-refractivity contribution in [3.63, 3.8) is 0 Å². The smallest absolute Gasteiger partial charge is 0.221 e. The lowest BCUT2D eigenvalue weighted by atomic mass is 10.2. The van der Waals surface area contributed by atoms with Gasteiger partial charge in [0.2, 0.25) is 5.90 Å². The SMILES string of the molecule is COC(=NC(=C(Cl)Cl)c1ccccc1)c1ccccc1. The molecule has 0 aliphatic rings. The summed E-state index contributed by atoms with van der Waals surface area (Å²) in [4.78, 5) is 4.44. The zero-order chi connectivity index (χ0) is 14.4. The van der Waals surface area contributed by atoms with E-state index >= 15 is 0 Å². The lowest BCUT2D eigenvalue weighted by molar-refractivity contribution is 0.405. The Morgan fingerprint density at radius 2 is 1.35 bits per heavy atom. The fourth-order valence-electron chi connectivity index (χ4n) is 1.72. The molecule has 0 aliphatic carbocycles. The highest BCUT2D eigenvalue weighted by Gasteiger charge is 2.09. The quantitative estimate of drug-likeness (QED) is 0.585. The minimum Gasteiger partial charge on any atom is -0.481 e. The Bertz CT molecular complexity index is 617. The number of nitrogens with zero attached hydrogens (tertiary/aromatic N) is 1. The maximum absolute atomic E-state index is 5.95. The molecule has 0 amide bonds. The first-order valence-electron chi connectivity index (χ1n) is 6.01. The number of ether oxygens (including phenoxy) is 1. The molecule has 102 valence electrons. The third kappa shape index (κ3) is 3.62. The Morgan fingerprint density at radius 1 is 0.850 bits per heavy atom. The Labute approximate surface area is 128 Å². The van der Waals surface area contributed by atoms with Crippen LogP contribution in [0, 0.1) is 0 Å². The first-order chi connectivity index (χ1) is 9.72. The standard InChI is InChI=1S/C16H13Cl2NO/c1-20-16(13-10-6-3-7-11-13)19-14(15(17)18)12-8-4-2-5-9-12/h2-11H,1H3. The summed E-state index contributed by atoms with van der Waals surface area (Å²) < 4.78 is 5.44. The van der Waals surface area contributed by atoms with Gasteiger partial charge < -0.3 is 4.74 Å². The molecule has 0 bridgehead atoms. The van der Waals surface area contributed by atoms with Crippen LogP contribution < -0.4 is 0 Å². The molecular formula is C16H13Cl2NO. The van der Waals surface area contributed by atoms with E-state index in [1.807, 2.05) is 60.7 Å². The molecule has 0 atom stereocenters. The Kier molecular flexibility index (Phi) is 5.22. The van der Waals surface area contributed by atoms with Crippen LogP contribution in [-0.2, 0) is 4.74 Å². The molecule has 0 saturated heterocycles. The molecule has 2 aromatic rings. The molecule has 2 nitrogen and oxygen atoms in total. The van der Waals surface area contributed by atoms with Gasteiger partial charge in [-0.2, -0.15) is 0 Å². The molecule has 0 radical (unpaired) electrons. The first kappa shape index (κ1) is 14.6. The predicted octanol–water partition coefficient (Wildman–Crippen LogP) is 4.88. The summed E-state index contributed by atoms with van der Waals surface area (Å²) in [6, 6.07) is 19.1. The van der Waals surface area contributed by atoms with E-state index in [4.69, 9.17) is 27.9 Å². The highest BCUT2D eigenvalue weighted by atomic mass is 35.5. The van der Waals surface area contributed by atoms with Crippen molar-refractivity contribution in [3.05, 3.63) is 76.3 Å². The van der Waals surface area contributed by atoms with Gasteiger partial charge in [0.15, 0.2) is 0 Å². The van der Waals surface area contributed by atoms with Crippen LogP contribution >= 0.6 is 23.2 Å². The molecule has 4 heteroatoms. The summed E-state index contributed by atoms with van der Waals surface area (Å²) in [7, 11) is 1.57. The van der Waals surface area contributed by atoms with Crippen LogP contribution in [0.2, 0.25) is 0 Å². The van der Waals surface area contributed by atoms with Gasteiger partial charge in [0.05, 0.1) is 7.11 Å². The monoisotopic (exact) mass is 305 g/mol. The van der Waals surface area contributed by atoms with E-state index in [2.05, 4.69) is 4.99 Å². The molecule has 0 unspecified atom stereocenters. The highest BCUT2D eigenvalue weighted by Crippen LogP contribution is 2.26. The number of rotatable bonds is 3. The number of halogens is 2. The average Bonchev–Trinajstić information content (AvgIpc) is 2.50. The molecule has 0 heterocycles. The molecule has 0 spiro atoms. The van der Waals surface area contributed by atoms with Gasteiger partial charge in [-0.3, -0.25) is 0 Å². The van der Waals surface area contributed by atoms with Gasteiger partial charge in [0, 0.05) is 11.1 Å². The van der Waals surface area contributed by atoms with E-state index in [9.17, 15) is 0 Å². The Balaban J connectivity index is 2.46. The molecule has 0 aliphatic heterocycles. The summed E-state index contributed by atoms with van der Waals surface area (Å²) in [6.45, 7) is 0. The van der Waals surface area contributed by atoms with Gasteiger partial charge >= 0.3 is 0 Å². The minimum atomic E-state index is 0.0988. The third-order valence-corrected chi connectivity index (χ3v) is 3.01. The fourth-order valence-corrected chi connectivity index (χ4v) is 2.02. The highest BCUT2D eigenvalue weighted by molar-refractivity contribution is 6.58. The van der Waals surface area contributed by atoms with Gasteiger partial charge in [-0.1, -0.05) is 71.7 Å². The topological polar surface area (TPSA) is 21.6 Å². The van der Waals surface area contributed by atoms with Gasteiger partial charge in [0.1, 0.15) is 10.2 Å². The fraction of sp³-hybridized carbons (Fsp3) is 0.0625. The molecule has 0 N–H and O–H groups in total. The molecule has 0 fully saturated rings. The van der Waals surface area contributed by atoms with Crippen LogP contribution in [0.4, 0.5) is 0 Å². The predicted molar refractivity (Wildman–Crippen MR) is 85.1 cm³/mol. The Hall–Kier alpha value is -1.77. The van der Waals surface area contributed by atoms with Crippen LogP contribution in [0.5, 0.6) is 0 Å². The lowest BCUT2D eigenvalue weighted by Gasteiger charge is -2.08. The van der Waals surface area contributed by atoms with Crippen molar-refractivity contribution >= 4 is 34.8 Å². The van der Waals surface area contributed by atoms with Gasteiger partial charge in [0.25, 0.3) is 0 Å². The van der Waals surface area contributed by atoms with Gasteiger partial charge in [-0.25, -0.2) is 4.99 Å². The molecular weight excluding hydrogens is 293 g/mol. The lowest BCUT2D eigenvalue weighted by Crippen LogP contribution is -2.04. The van der Waals surface area contributed by atoms with Crippen molar-refractivity contribution in [2.45, 2.75) is 0 Å². The number of hydrogen-bond donors (Lipinski definition) is 0. The van der Waals surface area contributed by atoms with Crippen LogP contribution in [0.15, 0.2) is 70.1 Å². The third-order valence-electron chi connectivity index (χ3n) is 2.65. The molecule has 0 saturated carbocycles. The summed E-state index contributed by atoms with van der Waals surface area (Å²) >= 11 is 11.9. The van der Waals surface area contributed by atoms with Gasteiger partial charge in [-0.15, -0.1) is 0 Å². The molecule has 0 aromatic heterocycles. The first-order valence-corrected chi connectivity index (χ1v) is 6.76. The van der Waals surface area contributed by atoms with Crippen LogP contribution in [0.1, 0.15) is 11.1 Å². The second-order valence-corrected chi connectivity index (χ2v) is 4.91. The van der Waals surface area contributed by atoms with E-state index in [0.717, 1.165) is 11.1 Å². The van der Waals surface area contributed by atoms with Crippen molar-refractivity contribution in [1.82, 2.24) is 0 Å². The number of hydrogen-bond acceptors (Lipinski definition) is 2. The van der Waals surface area contributed by atoms with Crippen LogP contribution in [-0.4, -0.2) is 13.0 Å². The van der Waals surface area contributed by atoms with Crippen molar-refractivity contribution in [3.8, 4) is 0 Å². The van der Waals surface area contributed by atoms with Crippen molar-refractivity contribution in [2.24, 2.45) is 4.99 Å². The average molecular weight is 306 g/mol. The van der Waals surface area contributed by atoms with Crippen molar-refractivity contribution < 1.29 is 4.74 Å². The second-order valence-electron chi connectivity index (χ2n) is 3.96. The van der Waals surface area contributed by atoms with E-state index < -0.39 is 0 Å². The summed E-state index contributed by atoms with van der Waals surface area (Å²) in [5.74, 6) is 0.461. The number of benzene rings is 2. The second kappa shape index (κ2) is 7.13. The van der Waals surface area contributed by atoms with E-state index in [0.29, 0.717) is 11.6 Å².